The molecule has 3 heteroatoms. The van der Waals surface area contributed by atoms with Crippen molar-refractivity contribution >= 4 is 0 Å². The van der Waals surface area contributed by atoms with E-state index in [4.69, 9.17) is 9.47 Å². The summed E-state index contributed by atoms with van der Waals surface area (Å²) in [6.07, 6.45) is 12.2. The van der Waals surface area contributed by atoms with E-state index in [-0.39, 0.29) is 6.10 Å². The number of hydrogen-bond donors (Lipinski definition) is 1. The fraction of sp³-hybridized carbons (Fsp3) is 0.700. The van der Waals surface area contributed by atoms with Crippen LogP contribution in [-0.4, -0.2) is 25.4 Å². The Morgan fingerprint density at radius 1 is 0.826 bits per heavy atom. The zero-order valence-electron chi connectivity index (χ0n) is 15.1. The molecule has 1 aromatic rings. The average Bonchev–Trinajstić information content (AvgIpc) is 2.56. The molecule has 0 saturated heterocycles. The summed E-state index contributed by atoms with van der Waals surface area (Å²) in [5, 5.41) is 9.19. The van der Waals surface area contributed by atoms with Crippen molar-refractivity contribution in [3.63, 3.8) is 0 Å². The average molecular weight is 322 g/mol. The SMILES string of the molecule is COc1ccc(CCCCCCCCCCC(C)O)cc1OC. The molecule has 1 atom stereocenters. The van der Waals surface area contributed by atoms with Crippen LogP contribution in [0.2, 0.25) is 0 Å². The predicted octanol–water partition coefficient (Wildman–Crippen LogP) is 5.14. The number of benzene rings is 1. The first-order valence-corrected chi connectivity index (χ1v) is 9.06. The van der Waals surface area contributed by atoms with Crippen molar-refractivity contribution in [1.82, 2.24) is 0 Å². The van der Waals surface area contributed by atoms with Gasteiger partial charge in [0.25, 0.3) is 0 Å². The Labute approximate surface area is 142 Å². The first-order chi connectivity index (χ1) is 11.2. The number of aliphatic hydroxyl groups is 1. The molecule has 0 aliphatic rings. The van der Waals surface area contributed by atoms with E-state index in [0.29, 0.717) is 0 Å². The molecular formula is C20H34O3. The number of aliphatic hydroxyl groups excluding tert-OH is 1. The first kappa shape index (κ1) is 19.8. The molecule has 1 rings (SSSR count). The van der Waals surface area contributed by atoms with Gasteiger partial charge < -0.3 is 14.6 Å². The highest BCUT2D eigenvalue weighted by molar-refractivity contribution is 5.42. The summed E-state index contributed by atoms with van der Waals surface area (Å²) in [6.45, 7) is 1.87. The second-order valence-electron chi connectivity index (χ2n) is 6.41. The molecule has 132 valence electrons. The molecule has 0 radical (unpaired) electrons. The fourth-order valence-electron chi connectivity index (χ4n) is 2.87. The van der Waals surface area contributed by atoms with Crippen LogP contribution in [0, 0.1) is 0 Å². The highest BCUT2D eigenvalue weighted by Gasteiger charge is 2.04. The Hall–Kier alpha value is -1.22. The Balaban J connectivity index is 2.05. The van der Waals surface area contributed by atoms with E-state index in [9.17, 15) is 5.11 Å². The molecule has 0 aliphatic heterocycles. The van der Waals surface area contributed by atoms with Crippen LogP contribution in [0.3, 0.4) is 0 Å². The van der Waals surface area contributed by atoms with Gasteiger partial charge in [-0.3, -0.25) is 0 Å². The van der Waals surface area contributed by atoms with Gasteiger partial charge in [0.1, 0.15) is 0 Å². The lowest BCUT2D eigenvalue weighted by Crippen LogP contribution is -1.98. The molecule has 0 saturated carbocycles. The van der Waals surface area contributed by atoms with Gasteiger partial charge in [-0.25, -0.2) is 0 Å². The van der Waals surface area contributed by atoms with Crippen molar-refractivity contribution in [2.75, 3.05) is 14.2 Å². The van der Waals surface area contributed by atoms with Crippen molar-refractivity contribution < 1.29 is 14.6 Å². The van der Waals surface area contributed by atoms with Gasteiger partial charge in [-0.05, 0) is 43.9 Å². The Kier molecular flexibility index (Phi) is 10.5. The van der Waals surface area contributed by atoms with Gasteiger partial charge in [0.05, 0.1) is 20.3 Å². The van der Waals surface area contributed by atoms with E-state index >= 15 is 0 Å². The normalized spacial score (nSPS) is 12.2. The summed E-state index contributed by atoms with van der Waals surface area (Å²) in [5.74, 6) is 1.62. The molecule has 3 nitrogen and oxygen atoms in total. The lowest BCUT2D eigenvalue weighted by Gasteiger charge is -2.09. The first-order valence-electron chi connectivity index (χ1n) is 9.06. The molecule has 0 aromatic heterocycles. The highest BCUT2D eigenvalue weighted by atomic mass is 16.5. The van der Waals surface area contributed by atoms with Crippen LogP contribution in [0.15, 0.2) is 18.2 Å². The monoisotopic (exact) mass is 322 g/mol. The third-order valence-corrected chi connectivity index (χ3v) is 4.29. The van der Waals surface area contributed by atoms with Crippen molar-refractivity contribution in [3.8, 4) is 11.5 Å². The molecule has 23 heavy (non-hydrogen) atoms. The zero-order chi connectivity index (χ0) is 16.9. The van der Waals surface area contributed by atoms with E-state index < -0.39 is 0 Å². The van der Waals surface area contributed by atoms with Gasteiger partial charge in [0.15, 0.2) is 11.5 Å². The summed E-state index contributed by atoms with van der Waals surface area (Å²) >= 11 is 0. The molecule has 0 aliphatic carbocycles. The molecule has 0 amide bonds. The molecule has 0 heterocycles. The van der Waals surface area contributed by atoms with E-state index in [0.717, 1.165) is 30.8 Å². The number of hydrogen-bond acceptors (Lipinski definition) is 3. The van der Waals surface area contributed by atoms with Crippen LogP contribution >= 0.6 is 0 Å². The number of methoxy groups -OCH3 is 2. The summed E-state index contributed by atoms with van der Waals surface area (Å²) in [7, 11) is 3.35. The number of unbranched alkanes of at least 4 members (excludes halogenated alkanes) is 7. The van der Waals surface area contributed by atoms with Crippen molar-refractivity contribution in [2.24, 2.45) is 0 Å². The summed E-state index contributed by atoms with van der Waals surface area (Å²) < 4.78 is 10.6. The van der Waals surface area contributed by atoms with E-state index in [1.165, 1.54) is 50.5 Å². The van der Waals surface area contributed by atoms with Crippen LogP contribution in [0.5, 0.6) is 11.5 Å². The summed E-state index contributed by atoms with van der Waals surface area (Å²) in [5.41, 5.74) is 1.32. The topological polar surface area (TPSA) is 38.7 Å². The second-order valence-corrected chi connectivity index (χ2v) is 6.41. The smallest absolute Gasteiger partial charge is 0.160 e. The quantitative estimate of drug-likeness (QED) is 0.511. The maximum atomic E-state index is 9.19. The molecular weight excluding hydrogens is 288 g/mol. The molecule has 0 bridgehead atoms. The van der Waals surface area contributed by atoms with Gasteiger partial charge >= 0.3 is 0 Å². The zero-order valence-corrected chi connectivity index (χ0v) is 15.1. The second kappa shape index (κ2) is 12.2. The summed E-state index contributed by atoms with van der Waals surface area (Å²) in [4.78, 5) is 0. The Morgan fingerprint density at radius 3 is 1.96 bits per heavy atom. The van der Waals surface area contributed by atoms with Gasteiger partial charge in [-0.15, -0.1) is 0 Å². The molecule has 1 N–H and O–H groups in total. The predicted molar refractivity (Wildman–Crippen MR) is 96.5 cm³/mol. The van der Waals surface area contributed by atoms with Crippen LogP contribution in [0.4, 0.5) is 0 Å². The van der Waals surface area contributed by atoms with Gasteiger partial charge in [0.2, 0.25) is 0 Å². The number of rotatable bonds is 13. The van der Waals surface area contributed by atoms with Gasteiger partial charge in [-0.1, -0.05) is 51.0 Å². The minimum Gasteiger partial charge on any atom is -0.493 e. The van der Waals surface area contributed by atoms with Crippen LogP contribution < -0.4 is 9.47 Å². The fourth-order valence-corrected chi connectivity index (χ4v) is 2.87. The van der Waals surface area contributed by atoms with Crippen LogP contribution in [-0.2, 0) is 6.42 Å². The standard InChI is InChI=1S/C20H34O3/c1-17(21)12-10-8-6-4-5-7-9-11-13-18-14-15-19(22-2)20(16-18)23-3/h14-17,21H,4-13H2,1-3H3. The van der Waals surface area contributed by atoms with E-state index in [2.05, 4.69) is 12.1 Å². The largest absolute Gasteiger partial charge is 0.493 e. The summed E-state index contributed by atoms with van der Waals surface area (Å²) in [6, 6.07) is 6.20. The minimum absolute atomic E-state index is 0.133. The van der Waals surface area contributed by atoms with Crippen molar-refractivity contribution in [1.29, 1.82) is 0 Å². The lowest BCUT2D eigenvalue weighted by molar-refractivity contribution is 0.180. The van der Waals surface area contributed by atoms with E-state index in [1.807, 2.05) is 13.0 Å². The third-order valence-electron chi connectivity index (χ3n) is 4.29. The van der Waals surface area contributed by atoms with Crippen LogP contribution in [0.25, 0.3) is 0 Å². The Morgan fingerprint density at radius 2 is 1.39 bits per heavy atom. The lowest BCUT2D eigenvalue weighted by atomic mass is 10.0. The molecule has 0 spiro atoms. The van der Waals surface area contributed by atoms with Crippen molar-refractivity contribution in [2.45, 2.75) is 77.2 Å². The van der Waals surface area contributed by atoms with E-state index in [1.54, 1.807) is 14.2 Å². The number of aryl methyl sites for hydroxylation is 1. The van der Waals surface area contributed by atoms with Gasteiger partial charge in [0, 0.05) is 0 Å². The molecule has 0 fully saturated rings. The minimum atomic E-state index is -0.133. The van der Waals surface area contributed by atoms with Gasteiger partial charge in [-0.2, -0.15) is 0 Å². The van der Waals surface area contributed by atoms with Crippen LogP contribution in [0.1, 0.15) is 70.3 Å². The maximum absolute atomic E-state index is 9.19. The number of ether oxygens (including phenoxy) is 2. The maximum Gasteiger partial charge on any atom is 0.160 e. The molecule has 1 aromatic carbocycles. The highest BCUT2D eigenvalue weighted by Crippen LogP contribution is 2.28. The Bertz CT molecular complexity index is 415. The van der Waals surface area contributed by atoms with Crippen molar-refractivity contribution in [3.05, 3.63) is 23.8 Å². The third kappa shape index (κ3) is 8.85. The molecule has 1 unspecified atom stereocenters.